The lowest BCUT2D eigenvalue weighted by Crippen LogP contribution is -2.36. The number of nitrogens with zero attached hydrogens (tertiary/aromatic N) is 3. The van der Waals surface area contributed by atoms with Crippen LogP contribution in [0.1, 0.15) is 13.3 Å². The maximum atomic E-state index is 5.46. The van der Waals surface area contributed by atoms with Crippen molar-refractivity contribution in [1.82, 2.24) is 20.1 Å². The van der Waals surface area contributed by atoms with Gasteiger partial charge in [-0.25, -0.2) is 4.98 Å². The monoisotopic (exact) mass is 196 g/mol. The zero-order valence-corrected chi connectivity index (χ0v) is 8.39. The molecule has 0 bridgehead atoms. The third-order valence-electron chi connectivity index (χ3n) is 2.59. The summed E-state index contributed by atoms with van der Waals surface area (Å²) in [6, 6.07) is 0.499. The fraction of sp³-hybridized carbons (Fsp3) is 0.778. The average molecular weight is 196 g/mol. The third kappa shape index (κ3) is 2.30. The normalized spacial score (nSPS) is 26.9. The molecule has 2 unspecified atom stereocenters. The second-order valence-corrected chi connectivity index (χ2v) is 3.58. The molecule has 14 heavy (non-hydrogen) atoms. The minimum Gasteiger partial charge on any atom is -0.377 e. The summed E-state index contributed by atoms with van der Waals surface area (Å²) in [7, 11) is 0. The molecule has 0 amide bonds. The topological polar surface area (TPSA) is 52.0 Å². The van der Waals surface area contributed by atoms with E-state index in [1.54, 1.807) is 12.7 Å². The molecule has 1 aromatic rings. The summed E-state index contributed by atoms with van der Waals surface area (Å²) in [5.41, 5.74) is 0. The summed E-state index contributed by atoms with van der Waals surface area (Å²) in [6.45, 7) is 4.77. The van der Waals surface area contributed by atoms with Gasteiger partial charge in [0.05, 0.1) is 12.6 Å². The van der Waals surface area contributed by atoms with Gasteiger partial charge in [-0.05, 0) is 13.3 Å². The SMILES string of the molecule is CC1OCCC1NCCn1cncn1. The molecule has 78 valence electrons. The Hall–Kier alpha value is -0.940. The van der Waals surface area contributed by atoms with Crippen LogP contribution in [0.5, 0.6) is 0 Å². The summed E-state index contributed by atoms with van der Waals surface area (Å²) in [6.07, 6.45) is 4.74. The maximum Gasteiger partial charge on any atom is 0.137 e. The van der Waals surface area contributed by atoms with Gasteiger partial charge in [-0.3, -0.25) is 4.68 Å². The van der Waals surface area contributed by atoms with Crippen molar-refractivity contribution in [2.75, 3.05) is 13.2 Å². The van der Waals surface area contributed by atoms with Crippen LogP contribution in [-0.4, -0.2) is 40.1 Å². The van der Waals surface area contributed by atoms with E-state index in [1.165, 1.54) is 0 Å². The van der Waals surface area contributed by atoms with Gasteiger partial charge in [0.25, 0.3) is 0 Å². The second kappa shape index (κ2) is 4.52. The predicted molar refractivity (Wildman–Crippen MR) is 51.8 cm³/mol. The van der Waals surface area contributed by atoms with Crippen molar-refractivity contribution in [1.29, 1.82) is 0 Å². The lowest BCUT2D eigenvalue weighted by molar-refractivity contribution is 0.113. The average Bonchev–Trinajstić information content (AvgIpc) is 2.78. The van der Waals surface area contributed by atoms with E-state index in [2.05, 4.69) is 22.3 Å². The van der Waals surface area contributed by atoms with Crippen molar-refractivity contribution in [3.63, 3.8) is 0 Å². The number of ether oxygens (including phenoxy) is 1. The summed E-state index contributed by atoms with van der Waals surface area (Å²) >= 11 is 0. The first kappa shape index (κ1) is 9.61. The molecule has 0 saturated carbocycles. The van der Waals surface area contributed by atoms with E-state index in [0.717, 1.165) is 26.1 Å². The summed E-state index contributed by atoms with van der Waals surface area (Å²) in [5.74, 6) is 0. The molecule has 1 aromatic heterocycles. The molecule has 0 radical (unpaired) electrons. The molecule has 1 aliphatic rings. The van der Waals surface area contributed by atoms with Gasteiger partial charge in [-0.2, -0.15) is 5.10 Å². The van der Waals surface area contributed by atoms with E-state index in [1.807, 2.05) is 4.68 Å². The fourth-order valence-electron chi connectivity index (χ4n) is 1.71. The van der Waals surface area contributed by atoms with Crippen molar-refractivity contribution in [2.24, 2.45) is 0 Å². The second-order valence-electron chi connectivity index (χ2n) is 3.58. The maximum absolute atomic E-state index is 5.46. The van der Waals surface area contributed by atoms with E-state index < -0.39 is 0 Å². The van der Waals surface area contributed by atoms with E-state index in [0.29, 0.717) is 12.1 Å². The lowest BCUT2D eigenvalue weighted by atomic mass is 10.1. The highest BCUT2D eigenvalue weighted by atomic mass is 16.5. The van der Waals surface area contributed by atoms with Crippen LogP contribution in [0, 0.1) is 0 Å². The van der Waals surface area contributed by atoms with Crippen LogP contribution in [0.15, 0.2) is 12.7 Å². The molecule has 0 aromatic carbocycles. The molecule has 2 rings (SSSR count). The first-order chi connectivity index (χ1) is 6.86. The van der Waals surface area contributed by atoms with Crippen LogP contribution in [0.25, 0.3) is 0 Å². The van der Waals surface area contributed by atoms with Gasteiger partial charge in [0.15, 0.2) is 0 Å². The standard InChI is InChI=1S/C9H16N4O/c1-8-9(2-5-14-8)11-3-4-13-7-10-6-12-13/h6-9,11H,2-5H2,1H3. The Balaban J connectivity index is 1.68. The van der Waals surface area contributed by atoms with Crippen LogP contribution in [0.4, 0.5) is 0 Å². The first-order valence-corrected chi connectivity index (χ1v) is 5.03. The molecule has 1 aliphatic heterocycles. The molecule has 0 spiro atoms. The molecule has 5 nitrogen and oxygen atoms in total. The van der Waals surface area contributed by atoms with Gasteiger partial charge in [-0.15, -0.1) is 0 Å². The molecular formula is C9H16N4O. The third-order valence-corrected chi connectivity index (χ3v) is 2.59. The highest BCUT2D eigenvalue weighted by Gasteiger charge is 2.22. The highest BCUT2D eigenvalue weighted by Crippen LogP contribution is 2.11. The molecule has 1 fully saturated rings. The zero-order valence-electron chi connectivity index (χ0n) is 8.39. The quantitative estimate of drug-likeness (QED) is 0.739. The van der Waals surface area contributed by atoms with E-state index in [9.17, 15) is 0 Å². The molecule has 0 aliphatic carbocycles. The Kier molecular flexibility index (Phi) is 3.10. The van der Waals surface area contributed by atoms with E-state index in [-0.39, 0.29) is 0 Å². The first-order valence-electron chi connectivity index (χ1n) is 5.03. The molecular weight excluding hydrogens is 180 g/mol. The Morgan fingerprint density at radius 1 is 1.64 bits per heavy atom. The Morgan fingerprint density at radius 3 is 3.21 bits per heavy atom. The minimum absolute atomic E-state index is 0.339. The van der Waals surface area contributed by atoms with Crippen molar-refractivity contribution in [3.8, 4) is 0 Å². The minimum atomic E-state index is 0.339. The van der Waals surface area contributed by atoms with Crippen LogP contribution < -0.4 is 5.32 Å². The van der Waals surface area contributed by atoms with Gasteiger partial charge in [0.2, 0.25) is 0 Å². The van der Waals surface area contributed by atoms with Crippen LogP contribution >= 0.6 is 0 Å². The van der Waals surface area contributed by atoms with Gasteiger partial charge >= 0.3 is 0 Å². The van der Waals surface area contributed by atoms with E-state index in [4.69, 9.17) is 4.74 Å². The Bertz CT molecular complexity index is 262. The van der Waals surface area contributed by atoms with Crippen molar-refractivity contribution in [3.05, 3.63) is 12.7 Å². The van der Waals surface area contributed by atoms with Crippen LogP contribution in [-0.2, 0) is 11.3 Å². The fourth-order valence-corrected chi connectivity index (χ4v) is 1.71. The largest absolute Gasteiger partial charge is 0.377 e. The number of hydrogen-bond acceptors (Lipinski definition) is 4. The Morgan fingerprint density at radius 2 is 2.57 bits per heavy atom. The van der Waals surface area contributed by atoms with Gasteiger partial charge < -0.3 is 10.1 Å². The molecule has 2 atom stereocenters. The summed E-state index contributed by atoms with van der Waals surface area (Å²) in [5, 5.41) is 7.49. The molecule has 1 saturated heterocycles. The molecule has 1 N–H and O–H groups in total. The number of hydrogen-bond donors (Lipinski definition) is 1. The van der Waals surface area contributed by atoms with Crippen molar-refractivity contribution >= 4 is 0 Å². The molecule has 5 heteroatoms. The molecule has 2 heterocycles. The van der Waals surface area contributed by atoms with Crippen LogP contribution in [0.3, 0.4) is 0 Å². The highest BCUT2D eigenvalue weighted by molar-refractivity contribution is 4.78. The summed E-state index contributed by atoms with van der Waals surface area (Å²) in [4.78, 5) is 3.89. The lowest BCUT2D eigenvalue weighted by Gasteiger charge is -2.15. The number of rotatable bonds is 4. The predicted octanol–water partition coefficient (Wildman–Crippen LogP) is 0.0451. The van der Waals surface area contributed by atoms with E-state index >= 15 is 0 Å². The number of aromatic nitrogens is 3. The Labute approximate surface area is 83.5 Å². The summed E-state index contributed by atoms with van der Waals surface area (Å²) < 4.78 is 7.28. The smallest absolute Gasteiger partial charge is 0.137 e. The van der Waals surface area contributed by atoms with Gasteiger partial charge in [0.1, 0.15) is 12.7 Å². The van der Waals surface area contributed by atoms with Crippen molar-refractivity contribution in [2.45, 2.75) is 32.0 Å². The number of nitrogens with one attached hydrogen (secondary N) is 1. The van der Waals surface area contributed by atoms with Crippen LogP contribution in [0.2, 0.25) is 0 Å². The van der Waals surface area contributed by atoms with Gasteiger partial charge in [0, 0.05) is 19.2 Å². The van der Waals surface area contributed by atoms with Crippen molar-refractivity contribution < 1.29 is 4.74 Å². The van der Waals surface area contributed by atoms with Gasteiger partial charge in [-0.1, -0.05) is 0 Å². The zero-order chi connectivity index (χ0) is 9.80.